The van der Waals surface area contributed by atoms with Crippen LogP contribution in [0.4, 0.5) is 0 Å². The minimum atomic E-state index is 0.420. The maximum Gasteiger partial charge on any atom is 0.123 e. The zero-order chi connectivity index (χ0) is 12.3. The zero-order valence-corrected chi connectivity index (χ0v) is 9.73. The number of nitrogens with zero attached hydrogens (tertiary/aromatic N) is 1. The van der Waals surface area contributed by atoms with Crippen molar-refractivity contribution in [1.29, 1.82) is 0 Å². The van der Waals surface area contributed by atoms with Crippen LogP contribution in [0.25, 0.3) is 23.1 Å². The van der Waals surface area contributed by atoms with Crippen molar-refractivity contribution in [3.05, 3.63) is 41.9 Å². The summed E-state index contributed by atoms with van der Waals surface area (Å²) in [5, 5.41) is 1.11. The molecule has 0 aliphatic rings. The van der Waals surface area contributed by atoms with Gasteiger partial charge in [-0.15, -0.1) is 0 Å². The highest BCUT2D eigenvalue weighted by atomic mass is 16.1. The van der Waals surface area contributed by atoms with Crippen molar-refractivity contribution in [3.63, 3.8) is 0 Å². The molecule has 0 saturated carbocycles. The number of nitrogens with one attached hydrogen (secondary N) is 1. The van der Waals surface area contributed by atoms with Crippen LogP contribution in [0.3, 0.4) is 0 Å². The van der Waals surface area contributed by atoms with Crippen LogP contribution in [0.2, 0.25) is 0 Å². The van der Waals surface area contributed by atoms with Gasteiger partial charge in [-0.3, -0.25) is 4.98 Å². The molecule has 0 spiro atoms. The average molecular weight is 226 g/mol. The minimum absolute atomic E-state index is 0.420. The summed E-state index contributed by atoms with van der Waals surface area (Å²) in [6, 6.07) is 1.97. The maximum absolute atomic E-state index is 10.3. The Balaban J connectivity index is 2.59. The normalized spacial score (nSPS) is 11.1. The second-order valence-corrected chi connectivity index (χ2v) is 3.78. The number of H-pyrrole nitrogens is 1. The first-order valence-electron chi connectivity index (χ1n) is 5.47. The Morgan fingerprint density at radius 2 is 2.35 bits per heavy atom. The summed E-state index contributed by atoms with van der Waals surface area (Å²) < 4.78 is 0. The Morgan fingerprint density at radius 3 is 3.06 bits per heavy atom. The number of aromatic nitrogens is 2. The third kappa shape index (κ3) is 2.04. The highest BCUT2D eigenvalue weighted by molar-refractivity contribution is 5.93. The lowest BCUT2D eigenvalue weighted by Gasteiger charge is -1.94. The van der Waals surface area contributed by atoms with Crippen LogP contribution in [-0.4, -0.2) is 16.3 Å². The minimum Gasteiger partial charge on any atom is -0.353 e. The summed E-state index contributed by atoms with van der Waals surface area (Å²) in [4.78, 5) is 17.8. The second-order valence-electron chi connectivity index (χ2n) is 3.78. The molecule has 0 unspecified atom stereocenters. The van der Waals surface area contributed by atoms with Gasteiger partial charge in [0.2, 0.25) is 0 Å². The molecule has 0 aromatic carbocycles. The fourth-order valence-corrected chi connectivity index (χ4v) is 1.89. The van der Waals surface area contributed by atoms with Gasteiger partial charge in [0.05, 0.1) is 11.2 Å². The number of pyridine rings is 1. The first-order chi connectivity index (χ1) is 8.27. The van der Waals surface area contributed by atoms with Crippen molar-refractivity contribution in [3.8, 4) is 0 Å². The molecule has 0 amide bonds. The average Bonchev–Trinajstić information content (AvgIpc) is 2.69. The molecule has 0 aliphatic carbocycles. The Morgan fingerprint density at radius 1 is 1.53 bits per heavy atom. The van der Waals surface area contributed by atoms with Gasteiger partial charge in [0.15, 0.2) is 0 Å². The molecule has 2 heterocycles. The number of carbonyl (C=O) groups is 1. The Labute approximate surface area is 99.9 Å². The van der Waals surface area contributed by atoms with E-state index in [9.17, 15) is 4.79 Å². The van der Waals surface area contributed by atoms with E-state index in [0.29, 0.717) is 6.42 Å². The van der Waals surface area contributed by atoms with Crippen LogP contribution in [0.1, 0.15) is 23.4 Å². The van der Waals surface area contributed by atoms with Gasteiger partial charge in [0.25, 0.3) is 0 Å². The standard InChI is InChI=1S/C14H14N2O/c1-3-11-12-7-8-15-10(2)14(12)16-13(11)6-4-5-9-17/h3-4,6-9,16H,1,5H2,2H3/b6-4-. The quantitative estimate of drug-likeness (QED) is 0.814. The van der Waals surface area contributed by atoms with E-state index < -0.39 is 0 Å². The van der Waals surface area contributed by atoms with E-state index in [1.165, 1.54) is 0 Å². The van der Waals surface area contributed by atoms with Gasteiger partial charge in [-0.25, -0.2) is 0 Å². The van der Waals surface area contributed by atoms with Crippen LogP contribution in [0, 0.1) is 6.92 Å². The van der Waals surface area contributed by atoms with Crippen LogP contribution in [0.5, 0.6) is 0 Å². The molecular weight excluding hydrogens is 212 g/mol. The van der Waals surface area contributed by atoms with Gasteiger partial charge >= 0.3 is 0 Å². The fraction of sp³-hybridized carbons (Fsp3) is 0.143. The molecule has 3 nitrogen and oxygen atoms in total. The lowest BCUT2D eigenvalue weighted by atomic mass is 10.1. The van der Waals surface area contributed by atoms with Gasteiger partial charge in [-0.1, -0.05) is 18.7 Å². The highest BCUT2D eigenvalue weighted by Gasteiger charge is 2.08. The van der Waals surface area contributed by atoms with E-state index in [2.05, 4.69) is 16.5 Å². The fourth-order valence-electron chi connectivity index (χ4n) is 1.89. The smallest absolute Gasteiger partial charge is 0.123 e. The molecule has 17 heavy (non-hydrogen) atoms. The monoisotopic (exact) mass is 226 g/mol. The first kappa shape index (κ1) is 11.3. The van der Waals surface area contributed by atoms with Crippen LogP contribution >= 0.6 is 0 Å². The van der Waals surface area contributed by atoms with Crippen molar-refractivity contribution in [2.75, 3.05) is 0 Å². The van der Waals surface area contributed by atoms with E-state index in [0.717, 1.165) is 34.1 Å². The lowest BCUT2D eigenvalue weighted by Crippen LogP contribution is -1.80. The molecule has 86 valence electrons. The summed E-state index contributed by atoms with van der Waals surface area (Å²) in [6.07, 6.45) is 8.64. The molecule has 0 saturated heterocycles. The molecular formula is C14H14N2O. The Bertz CT molecular complexity index is 594. The summed E-state index contributed by atoms with van der Waals surface area (Å²) in [5.74, 6) is 0. The number of aromatic amines is 1. The molecule has 0 atom stereocenters. The summed E-state index contributed by atoms with van der Waals surface area (Å²) >= 11 is 0. The number of hydrogen-bond donors (Lipinski definition) is 1. The number of rotatable bonds is 4. The molecule has 0 radical (unpaired) electrons. The summed E-state index contributed by atoms with van der Waals surface area (Å²) in [5.41, 5.74) is 3.99. The van der Waals surface area contributed by atoms with E-state index in [1.807, 2.05) is 31.2 Å². The van der Waals surface area contributed by atoms with Gasteiger partial charge in [0, 0.05) is 29.3 Å². The van der Waals surface area contributed by atoms with E-state index in [4.69, 9.17) is 0 Å². The zero-order valence-electron chi connectivity index (χ0n) is 9.73. The molecule has 2 rings (SSSR count). The topological polar surface area (TPSA) is 45.8 Å². The third-order valence-corrected chi connectivity index (χ3v) is 2.70. The number of aryl methyl sites for hydroxylation is 1. The molecule has 2 aromatic rings. The van der Waals surface area contributed by atoms with E-state index in [-0.39, 0.29) is 0 Å². The second kappa shape index (κ2) is 4.78. The number of hydrogen-bond acceptors (Lipinski definition) is 2. The van der Waals surface area contributed by atoms with Crippen molar-refractivity contribution in [1.82, 2.24) is 9.97 Å². The van der Waals surface area contributed by atoms with Crippen molar-refractivity contribution < 1.29 is 4.79 Å². The maximum atomic E-state index is 10.3. The van der Waals surface area contributed by atoms with Gasteiger partial charge in [-0.05, 0) is 19.1 Å². The van der Waals surface area contributed by atoms with Crippen LogP contribution in [0.15, 0.2) is 24.9 Å². The number of aldehydes is 1. The SMILES string of the molecule is C=Cc1c(/C=C\CC=O)[nH]c2c(C)nccc12. The van der Waals surface area contributed by atoms with Gasteiger partial charge in [0.1, 0.15) is 6.29 Å². The lowest BCUT2D eigenvalue weighted by molar-refractivity contribution is -0.107. The molecule has 1 N–H and O–H groups in total. The van der Waals surface area contributed by atoms with E-state index >= 15 is 0 Å². The van der Waals surface area contributed by atoms with Crippen molar-refractivity contribution >= 4 is 29.3 Å². The summed E-state index contributed by atoms with van der Waals surface area (Å²) in [6.45, 7) is 5.79. The largest absolute Gasteiger partial charge is 0.353 e. The highest BCUT2D eigenvalue weighted by Crippen LogP contribution is 2.25. The van der Waals surface area contributed by atoms with Gasteiger partial charge in [-0.2, -0.15) is 0 Å². The Hall–Kier alpha value is -2.16. The van der Waals surface area contributed by atoms with Crippen LogP contribution in [-0.2, 0) is 4.79 Å². The molecule has 2 aromatic heterocycles. The predicted octanol–water partition coefficient (Wildman–Crippen LogP) is 3.12. The Kier molecular flexibility index (Phi) is 3.19. The van der Waals surface area contributed by atoms with Crippen molar-refractivity contribution in [2.24, 2.45) is 0 Å². The number of fused-ring (bicyclic) bond motifs is 1. The molecule has 0 fully saturated rings. The number of allylic oxidation sites excluding steroid dienone is 1. The van der Waals surface area contributed by atoms with E-state index in [1.54, 1.807) is 6.20 Å². The first-order valence-corrected chi connectivity index (χ1v) is 5.47. The molecule has 3 heteroatoms. The van der Waals surface area contributed by atoms with Gasteiger partial charge < -0.3 is 9.78 Å². The van der Waals surface area contributed by atoms with Crippen LogP contribution < -0.4 is 0 Å². The van der Waals surface area contributed by atoms with Crippen molar-refractivity contribution in [2.45, 2.75) is 13.3 Å². The molecule has 0 bridgehead atoms. The third-order valence-electron chi connectivity index (χ3n) is 2.70. The summed E-state index contributed by atoms with van der Waals surface area (Å²) in [7, 11) is 0. The molecule has 0 aliphatic heterocycles. The predicted molar refractivity (Wildman–Crippen MR) is 70.6 cm³/mol. The number of carbonyl (C=O) groups excluding carboxylic acids is 1.